The third kappa shape index (κ3) is 3.56. The highest BCUT2D eigenvalue weighted by atomic mass is 32.2. The number of amidine groups is 1. The number of hydrogen-bond acceptors (Lipinski definition) is 5. The van der Waals surface area contributed by atoms with E-state index in [-0.39, 0.29) is 0 Å². The summed E-state index contributed by atoms with van der Waals surface area (Å²) < 4.78 is 10.5. The second-order valence-corrected chi connectivity index (χ2v) is 6.00. The lowest BCUT2D eigenvalue weighted by Crippen LogP contribution is -2.13. The molecule has 5 heteroatoms. The van der Waals surface area contributed by atoms with Gasteiger partial charge < -0.3 is 14.8 Å². The monoisotopic (exact) mass is 280 g/mol. The Hall–Kier alpha value is -1.36. The van der Waals surface area contributed by atoms with Gasteiger partial charge in [0.1, 0.15) is 11.5 Å². The van der Waals surface area contributed by atoms with Crippen molar-refractivity contribution >= 4 is 22.6 Å². The van der Waals surface area contributed by atoms with Crippen LogP contribution in [0.15, 0.2) is 23.2 Å². The summed E-state index contributed by atoms with van der Waals surface area (Å²) in [5.74, 6) is 2.17. The first-order valence-corrected chi connectivity index (χ1v) is 7.21. The number of nitrogens with zero attached hydrogens (tertiary/aromatic N) is 1. The normalized spacial score (nSPS) is 18.4. The van der Waals surface area contributed by atoms with Crippen molar-refractivity contribution in [1.29, 1.82) is 0 Å². The van der Waals surface area contributed by atoms with Crippen molar-refractivity contribution in [1.82, 2.24) is 0 Å². The first-order chi connectivity index (χ1) is 9.12. The Morgan fingerprint density at radius 2 is 1.84 bits per heavy atom. The molecule has 1 aromatic rings. The highest BCUT2D eigenvalue weighted by molar-refractivity contribution is 8.15. The molecule has 4 nitrogen and oxygen atoms in total. The molecule has 0 amide bonds. The molecule has 1 aliphatic heterocycles. The predicted molar refractivity (Wildman–Crippen MR) is 81.7 cm³/mol. The molecular formula is C14H20N2O2S. The number of anilines is 1. The number of ether oxygens (including phenoxy) is 2. The molecule has 0 radical (unpaired) electrons. The van der Waals surface area contributed by atoms with Gasteiger partial charge in [0.25, 0.3) is 0 Å². The Balaban J connectivity index is 2.07. The Kier molecular flexibility index (Phi) is 4.58. The number of hydrogen-bond donors (Lipinski definition) is 1. The minimum Gasteiger partial charge on any atom is -0.497 e. The van der Waals surface area contributed by atoms with E-state index in [2.05, 4.69) is 24.2 Å². The van der Waals surface area contributed by atoms with E-state index < -0.39 is 0 Å². The standard InChI is InChI=1S/C14H20N2O2S/c1-9(2)13-8-15-14(19-13)16-10-5-11(17-3)7-12(6-10)18-4/h5-7,9,13H,8H2,1-4H3,(H,15,16). The van der Waals surface area contributed by atoms with Crippen LogP contribution in [0, 0.1) is 5.92 Å². The highest BCUT2D eigenvalue weighted by Crippen LogP contribution is 2.30. The molecule has 0 saturated carbocycles. The fourth-order valence-corrected chi connectivity index (χ4v) is 2.84. The molecule has 1 N–H and O–H groups in total. The van der Waals surface area contributed by atoms with E-state index in [0.29, 0.717) is 11.2 Å². The van der Waals surface area contributed by atoms with Crippen LogP contribution >= 0.6 is 11.8 Å². The maximum atomic E-state index is 5.25. The Labute approximate surface area is 118 Å². The average molecular weight is 280 g/mol. The molecule has 0 spiro atoms. The highest BCUT2D eigenvalue weighted by Gasteiger charge is 2.22. The van der Waals surface area contributed by atoms with Crippen molar-refractivity contribution in [2.45, 2.75) is 19.1 Å². The smallest absolute Gasteiger partial charge is 0.161 e. The van der Waals surface area contributed by atoms with Gasteiger partial charge >= 0.3 is 0 Å². The molecule has 1 heterocycles. The largest absolute Gasteiger partial charge is 0.497 e. The summed E-state index contributed by atoms with van der Waals surface area (Å²) in [5, 5.41) is 4.86. The minimum absolute atomic E-state index is 0.565. The Bertz CT molecular complexity index is 452. The second-order valence-electron chi connectivity index (χ2n) is 4.77. The number of rotatable bonds is 4. The van der Waals surface area contributed by atoms with Crippen LogP contribution in [0.2, 0.25) is 0 Å². The van der Waals surface area contributed by atoms with E-state index in [1.807, 2.05) is 18.2 Å². The molecule has 1 aliphatic rings. The lowest BCUT2D eigenvalue weighted by molar-refractivity contribution is 0.395. The third-order valence-electron chi connectivity index (χ3n) is 3.02. The van der Waals surface area contributed by atoms with Crippen molar-refractivity contribution in [3.63, 3.8) is 0 Å². The van der Waals surface area contributed by atoms with Crippen LogP contribution in [0.5, 0.6) is 11.5 Å². The molecule has 104 valence electrons. The summed E-state index contributed by atoms with van der Waals surface area (Å²) in [7, 11) is 3.30. The van der Waals surface area contributed by atoms with Gasteiger partial charge in [0, 0.05) is 29.1 Å². The molecule has 0 aromatic heterocycles. The number of nitrogens with one attached hydrogen (secondary N) is 1. The maximum Gasteiger partial charge on any atom is 0.161 e. The van der Waals surface area contributed by atoms with E-state index in [4.69, 9.17) is 9.47 Å². The lowest BCUT2D eigenvalue weighted by Gasteiger charge is -2.13. The molecule has 0 fully saturated rings. The molecule has 19 heavy (non-hydrogen) atoms. The molecule has 0 aliphatic carbocycles. The maximum absolute atomic E-state index is 5.25. The summed E-state index contributed by atoms with van der Waals surface area (Å²) in [6.07, 6.45) is 0. The number of thioether (sulfide) groups is 1. The van der Waals surface area contributed by atoms with Gasteiger partial charge in [-0.1, -0.05) is 25.6 Å². The van der Waals surface area contributed by atoms with Crippen LogP contribution in [0.3, 0.4) is 0 Å². The fourth-order valence-electron chi connectivity index (χ4n) is 1.81. The zero-order chi connectivity index (χ0) is 13.8. The van der Waals surface area contributed by atoms with Crippen LogP contribution in [0.4, 0.5) is 5.69 Å². The summed E-state index contributed by atoms with van der Waals surface area (Å²) in [4.78, 5) is 4.53. The van der Waals surface area contributed by atoms with E-state index in [9.17, 15) is 0 Å². The quantitative estimate of drug-likeness (QED) is 0.919. The van der Waals surface area contributed by atoms with Gasteiger partial charge in [0.15, 0.2) is 5.17 Å². The molecule has 1 atom stereocenters. The molecule has 0 bridgehead atoms. The van der Waals surface area contributed by atoms with Gasteiger partial charge in [0.05, 0.1) is 20.8 Å². The van der Waals surface area contributed by atoms with Crippen LogP contribution in [-0.4, -0.2) is 31.2 Å². The number of methoxy groups -OCH3 is 2. The van der Waals surface area contributed by atoms with Gasteiger partial charge in [-0.15, -0.1) is 0 Å². The van der Waals surface area contributed by atoms with Gasteiger partial charge in [-0.3, -0.25) is 4.99 Å². The van der Waals surface area contributed by atoms with Gasteiger partial charge in [-0.05, 0) is 5.92 Å². The predicted octanol–water partition coefficient (Wildman–Crippen LogP) is 3.24. The first kappa shape index (κ1) is 14.1. The SMILES string of the molecule is COc1cc(NC2=NCC(C(C)C)S2)cc(OC)c1. The molecular weight excluding hydrogens is 260 g/mol. The van der Waals surface area contributed by atoms with Crippen LogP contribution < -0.4 is 14.8 Å². The summed E-state index contributed by atoms with van der Waals surface area (Å²) in [6.45, 7) is 5.33. The summed E-state index contributed by atoms with van der Waals surface area (Å²) in [5.41, 5.74) is 0.937. The van der Waals surface area contributed by atoms with Gasteiger partial charge in [0.2, 0.25) is 0 Å². The molecule has 0 saturated heterocycles. The van der Waals surface area contributed by atoms with Crippen LogP contribution in [0.1, 0.15) is 13.8 Å². The molecule has 2 rings (SSSR count). The van der Waals surface area contributed by atoms with E-state index >= 15 is 0 Å². The third-order valence-corrected chi connectivity index (χ3v) is 4.47. The topological polar surface area (TPSA) is 42.8 Å². The molecule has 1 unspecified atom stereocenters. The van der Waals surface area contributed by atoms with E-state index in [0.717, 1.165) is 28.9 Å². The lowest BCUT2D eigenvalue weighted by atomic mass is 10.1. The van der Waals surface area contributed by atoms with Gasteiger partial charge in [-0.2, -0.15) is 0 Å². The van der Waals surface area contributed by atoms with Crippen molar-refractivity contribution in [2.75, 3.05) is 26.1 Å². The van der Waals surface area contributed by atoms with Crippen LogP contribution in [0.25, 0.3) is 0 Å². The van der Waals surface area contributed by atoms with E-state index in [1.165, 1.54) is 0 Å². The minimum atomic E-state index is 0.565. The zero-order valence-corrected chi connectivity index (χ0v) is 12.6. The van der Waals surface area contributed by atoms with Crippen molar-refractivity contribution in [3.8, 4) is 11.5 Å². The van der Waals surface area contributed by atoms with Gasteiger partial charge in [-0.25, -0.2) is 0 Å². The molecule has 1 aromatic carbocycles. The fraction of sp³-hybridized carbons (Fsp3) is 0.500. The first-order valence-electron chi connectivity index (χ1n) is 6.33. The Morgan fingerprint density at radius 1 is 1.21 bits per heavy atom. The van der Waals surface area contributed by atoms with Crippen molar-refractivity contribution < 1.29 is 9.47 Å². The number of benzene rings is 1. The Morgan fingerprint density at radius 3 is 2.32 bits per heavy atom. The summed E-state index contributed by atoms with van der Waals surface area (Å²) in [6, 6.07) is 5.73. The van der Waals surface area contributed by atoms with Crippen LogP contribution in [-0.2, 0) is 0 Å². The van der Waals surface area contributed by atoms with E-state index in [1.54, 1.807) is 26.0 Å². The summed E-state index contributed by atoms with van der Waals surface area (Å²) >= 11 is 1.80. The number of aliphatic imine (C=N–C) groups is 1. The van der Waals surface area contributed by atoms with Crippen molar-refractivity contribution in [3.05, 3.63) is 18.2 Å². The average Bonchev–Trinajstić information content (AvgIpc) is 2.87. The van der Waals surface area contributed by atoms with Crippen molar-refractivity contribution in [2.24, 2.45) is 10.9 Å². The second kappa shape index (κ2) is 6.19. The zero-order valence-electron chi connectivity index (χ0n) is 11.8.